The zero-order valence-corrected chi connectivity index (χ0v) is 7.59. The lowest BCUT2D eigenvalue weighted by atomic mass is 10.3. The molecular weight excluding hydrogens is 140 g/mol. The lowest BCUT2D eigenvalue weighted by Crippen LogP contribution is -1.94. The molecule has 11 heavy (non-hydrogen) atoms. The predicted octanol–water partition coefficient (Wildman–Crippen LogP) is 2.56. The molecule has 0 atom stereocenters. The monoisotopic (exact) mass is 157 g/mol. The van der Waals surface area contributed by atoms with E-state index >= 15 is 0 Å². The summed E-state index contributed by atoms with van der Waals surface area (Å²) in [6, 6.07) is 0. The van der Waals surface area contributed by atoms with Gasteiger partial charge in [-0.05, 0) is 5.92 Å². The van der Waals surface area contributed by atoms with Crippen LogP contribution in [0.15, 0.2) is 12.8 Å². The van der Waals surface area contributed by atoms with Gasteiger partial charge in [0, 0.05) is 6.42 Å². The van der Waals surface area contributed by atoms with Crippen molar-refractivity contribution >= 4 is 5.97 Å². The maximum atomic E-state index is 10.1. The van der Waals surface area contributed by atoms with Gasteiger partial charge in [0.15, 0.2) is 0 Å². The van der Waals surface area contributed by atoms with E-state index in [2.05, 4.69) is 32.1 Å². The van der Waals surface area contributed by atoms with Crippen LogP contribution in [-0.4, -0.2) is 5.97 Å². The van der Waals surface area contributed by atoms with Gasteiger partial charge in [0.05, 0.1) is 6.26 Å². The van der Waals surface area contributed by atoms with Crippen LogP contribution >= 0.6 is 0 Å². The molecular formula is C9H17O2. The van der Waals surface area contributed by atoms with Gasteiger partial charge in [-0.3, -0.25) is 4.79 Å². The summed E-state index contributed by atoms with van der Waals surface area (Å²) in [5, 5.41) is 0. The van der Waals surface area contributed by atoms with E-state index in [1.807, 2.05) is 0 Å². The average Bonchev–Trinajstić information content (AvgIpc) is 1.87. The van der Waals surface area contributed by atoms with Crippen LogP contribution in [0.25, 0.3) is 0 Å². The van der Waals surface area contributed by atoms with Crippen LogP contribution in [-0.2, 0) is 9.53 Å². The highest BCUT2D eigenvalue weighted by Gasteiger charge is 1.89. The van der Waals surface area contributed by atoms with E-state index in [1.165, 1.54) is 0 Å². The Kier molecular flexibility index (Phi) is 10.8. The third kappa shape index (κ3) is 27.0. The molecule has 0 aromatic heterocycles. The van der Waals surface area contributed by atoms with Crippen molar-refractivity contribution in [3.05, 3.63) is 19.8 Å². The molecule has 0 aromatic carbocycles. The topological polar surface area (TPSA) is 26.3 Å². The summed E-state index contributed by atoms with van der Waals surface area (Å²) >= 11 is 0. The van der Waals surface area contributed by atoms with Crippen molar-refractivity contribution < 1.29 is 9.53 Å². The smallest absolute Gasteiger partial charge is 0.310 e. The van der Waals surface area contributed by atoms with Crippen LogP contribution in [0.2, 0.25) is 0 Å². The first-order chi connectivity index (χ1) is 5.04. The minimum atomic E-state index is -0.241. The molecule has 2 heteroatoms. The molecule has 0 saturated heterocycles. The first-order valence-electron chi connectivity index (χ1n) is 3.68. The standard InChI is InChI=1S/C5H8O2.C4H9/c1-3-5(6)7-4-2;1-4(2)3/h4H,2-3H2,1H3;4H,1H2,2-3H3. The fourth-order valence-corrected chi connectivity index (χ4v) is 0.176. The van der Waals surface area contributed by atoms with Crippen molar-refractivity contribution in [1.82, 2.24) is 0 Å². The highest BCUT2D eigenvalue weighted by Crippen LogP contribution is 1.81. The largest absolute Gasteiger partial charge is 0.435 e. The highest BCUT2D eigenvalue weighted by molar-refractivity contribution is 5.69. The molecule has 0 bridgehead atoms. The number of carbonyl (C=O) groups excluding carboxylic acids is 1. The van der Waals surface area contributed by atoms with Gasteiger partial charge in [0.2, 0.25) is 0 Å². The van der Waals surface area contributed by atoms with Crippen molar-refractivity contribution in [3.63, 3.8) is 0 Å². The molecule has 0 N–H and O–H groups in total. The van der Waals surface area contributed by atoms with Gasteiger partial charge in [-0.15, -0.1) is 0 Å². The van der Waals surface area contributed by atoms with E-state index < -0.39 is 0 Å². The number of esters is 1. The van der Waals surface area contributed by atoms with Crippen molar-refractivity contribution in [2.24, 2.45) is 5.92 Å². The Morgan fingerprint density at radius 2 is 2.00 bits per heavy atom. The third-order valence-electron chi connectivity index (χ3n) is 0.503. The average molecular weight is 157 g/mol. The summed E-state index contributed by atoms with van der Waals surface area (Å²) < 4.78 is 4.32. The van der Waals surface area contributed by atoms with E-state index in [-0.39, 0.29) is 5.97 Å². The molecule has 0 fully saturated rings. The molecule has 0 aliphatic heterocycles. The third-order valence-corrected chi connectivity index (χ3v) is 0.503. The van der Waals surface area contributed by atoms with Crippen LogP contribution < -0.4 is 0 Å². The first-order valence-corrected chi connectivity index (χ1v) is 3.68. The normalized spacial score (nSPS) is 8.09. The Balaban J connectivity index is 0. The predicted molar refractivity (Wildman–Crippen MR) is 46.8 cm³/mol. The Morgan fingerprint density at radius 1 is 1.64 bits per heavy atom. The Hall–Kier alpha value is -0.790. The van der Waals surface area contributed by atoms with Gasteiger partial charge in [0.1, 0.15) is 0 Å². The number of hydrogen-bond donors (Lipinski definition) is 0. The minimum absolute atomic E-state index is 0.241. The lowest BCUT2D eigenvalue weighted by Gasteiger charge is -1.88. The van der Waals surface area contributed by atoms with Crippen molar-refractivity contribution in [2.45, 2.75) is 27.2 Å². The van der Waals surface area contributed by atoms with E-state index in [0.717, 1.165) is 6.26 Å². The van der Waals surface area contributed by atoms with Crippen molar-refractivity contribution in [1.29, 1.82) is 0 Å². The maximum absolute atomic E-state index is 10.1. The molecule has 0 unspecified atom stereocenters. The summed E-state index contributed by atoms with van der Waals surface area (Å²) in [6.45, 7) is 12.7. The highest BCUT2D eigenvalue weighted by atomic mass is 16.5. The molecule has 0 heterocycles. The molecule has 1 radical (unpaired) electrons. The Morgan fingerprint density at radius 3 is 2.09 bits per heavy atom. The molecule has 0 aromatic rings. The minimum Gasteiger partial charge on any atom is -0.435 e. The van der Waals surface area contributed by atoms with Crippen molar-refractivity contribution in [3.8, 4) is 0 Å². The van der Waals surface area contributed by atoms with Gasteiger partial charge < -0.3 is 4.74 Å². The Bertz CT molecular complexity index is 103. The van der Waals surface area contributed by atoms with Gasteiger partial charge in [-0.1, -0.05) is 34.3 Å². The molecule has 65 valence electrons. The second kappa shape index (κ2) is 9.21. The van der Waals surface area contributed by atoms with E-state index in [0.29, 0.717) is 12.3 Å². The second-order valence-electron chi connectivity index (χ2n) is 2.40. The number of carbonyl (C=O) groups is 1. The maximum Gasteiger partial charge on any atom is 0.310 e. The van der Waals surface area contributed by atoms with Crippen LogP contribution in [0, 0.1) is 12.8 Å². The molecule has 0 aliphatic carbocycles. The van der Waals surface area contributed by atoms with E-state index in [9.17, 15) is 4.79 Å². The summed E-state index contributed by atoms with van der Waals surface area (Å²) in [7, 11) is 0. The summed E-state index contributed by atoms with van der Waals surface area (Å²) in [5.41, 5.74) is 0. The SMILES string of the molecule is C=COC(=O)CC.[CH2]C(C)C. The van der Waals surface area contributed by atoms with E-state index in [4.69, 9.17) is 0 Å². The molecule has 0 saturated carbocycles. The Labute approximate surface area is 69.3 Å². The number of ether oxygens (including phenoxy) is 1. The van der Waals surface area contributed by atoms with Crippen molar-refractivity contribution in [2.75, 3.05) is 0 Å². The number of rotatable bonds is 2. The zero-order valence-electron chi connectivity index (χ0n) is 7.59. The lowest BCUT2D eigenvalue weighted by molar-refractivity contribution is -0.137. The second-order valence-corrected chi connectivity index (χ2v) is 2.40. The summed E-state index contributed by atoms with van der Waals surface area (Å²) in [6.07, 6.45) is 1.54. The van der Waals surface area contributed by atoms with E-state index in [1.54, 1.807) is 6.92 Å². The van der Waals surface area contributed by atoms with Gasteiger partial charge in [-0.2, -0.15) is 0 Å². The van der Waals surface area contributed by atoms with Crippen LogP contribution in [0.1, 0.15) is 27.2 Å². The van der Waals surface area contributed by atoms with Gasteiger partial charge >= 0.3 is 5.97 Å². The fourth-order valence-electron chi connectivity index (χ4n) is 0.176. The number of hydrogen-bond acceptors (Lipinski definition) is 2. The van der Waals surface area contributed by atoms with Gasteiger partial charge in [0.25, 0.3) is 0 Å². The fraction of sp³-hybridized carbons (Fsp3) is 0.556. The van der Waals surface area contributed by atoms with Gasteiger partial charge in [-0.25, -0.2) is 0 Å². The zero-order chi connectivity index (χ0) is 9.28. The molecule has 0 aliphatic rings. The quantitative estimate of drug-likeness (QED) is 0.455. The molecule has 0 spiro atoms. The molecule has 0 rings (SSSR count). The summed E-state index contributed by atoms with van der Waals surface area (Å²) in [4.78, 5) is 10.1. The van der Waals surface area contributed by atoms with Crippen LogP contribution in [0.4, 0.5) is 0 Å². The van der Waals surface area contributed by atoms with Crippen LogP contribution in [0.5, 0.6) is 0 Å². The summed E-state index contributed by atoms with van der Waals surface area (Å²) in [5.74, 6) is 0.343. The molecule has 2 nitrogen and oxygen atoms in total. The molecule has 0 amide bonds. The van der Waals surface area contributed by atoms with Crippen LogP contribution in [0.3, 0.4) is 0 Å². The first kappa shape index (κ1) is 12.8.